The number of fused-ring (bicyclic) bond motifs is 1. The van der Waals surface area contributed by atoms with Gasteiger partial charge in [0.05, 0.1) is 29.3 Å². The molecule has 4 rings (SSSR count). The summed E-state index contributed by atoms with van der Waals surface area (Å²) in [5.41, 5.74) is 2.37. The van der Waals surface area contributed by atoms with Gasteiger partial charge in [-0.2, -0.15) is 0 Å². The molecule has 2 aromatic heterocycles. The highest BCUT2D eigenvalue weighted by molar-refractivity contribution is 7.98. The molecule has 0 unspecified atom stereocenters. The van der Waals surface area contributed by atoms with Gasteiger partial charge in [0.25, 0.3) is 5.56 Å². The zero-order valence-electron chi connectivity index (χ0n) is 17.9. The molecule has 7 heteroatoms. The molecule has 31 heavy (non-hydrogen) atoms. The van der Waals surface area contributed by atoms with Crippen LogP contribution in [0.1, 0.15) is 31.2 Å². The van der Waals surface area contributed by atoms with Crippen LogP contribution in [0.4, 0.5) is 0 Å². The number of para-hydroxylation sites is 2. The second-order valence-electron chi connectivity index (χ2n) is 7.23. The van der Waals surface area contributed by atoms with E-state index in [9.17, 15) is 4.79 Å². The van der Waals surface area contributed by atoms with E-state index in [0.29, 0.717) is 40.0 Å². The van der Waals surface area contributed by atoms with Gasteiger partial charge < -0.3 is 9.15 Å². The molecule has 0 aliphatic rings. The number of aryl methyl sites for hydroxylation is 1. The maximum absolute atomic E-state index is 13.1. The number of nitrogens with zero attached hydrogens (tertiary/aromatic N) is 3. The topological polar surface area (TPSA) is 70.2 Å². The molecule has 0 aliphatic heterocycles. The second kappa shape index (κ2) is 9.39. The van der Waals surface area contributed by atoms with Crippen LogP contribution >= 0.6 is 11.8 Å². The van der Waals surface area contributed by atoms with Gasteiger partial charge in [-0.15, -0.1) is 0 Å². The van der Waals surface area contributed by atoms with Crippen LogP contribution in [0.2, 0.25) is 0 Å². The van der Waals surface area contributed by atoms with Gasteiger partial charge in [0.15, 0.2) is 5.16 Å². The Morgan fingerprint density at radius 3 is 2.68 bits per heavy atom. The van der Waals surface area contributed by atoms with E-state index in [1.165, 1.54) is 11.8 Å². The summed E-state index contributed by atoms with van der Waals surface area (Å²) in [6.07, 6.45) is 1.93. The van der Waals surface area contributed by atoms with Crippen molar-refractivity contribution in [3.8, 4) is 17.2 Å². The number of methoxy groups -OCH3 is 1. The highest BCUT2D eigenvalue weighted by atomic mass is 32.2. The standard InChI is InChI=1S/C24H25N3O3S/c1-4-5-14-27-23(28)17-10-6-8-12-19(17)26-24(27)31-15-20-16(2)30-22(25-20)18-11-7-9-13-21(18)29-3/h6-13H,4-5,14-15H2,1-3H3. The van der Waals surface area contributed by atoms with Crippen molar-refractivity contribution in [3.63, 3.8) is 0 Å². The minimum Gasteiger partial charge on any atom is -0.496 e. The third-order valence-electron chi connectivity index (χ3n) is 5.13. The number of benzene rings is 2. The van der Waals surface area contributed by atoms with Crippen molar-refractivity contribution in [2.45, 2.75) is 44.1 Å². The monoisotopic (exact) mass is 435 g/mol. The fourth-order valence-electron chi connectivity index (χ4n) is 3.40. The van der Waals surface area contributed by atoms with Gasteiger partial charge in [-0.3, -0.25) is 9.36 Å². The van der Waals surface area contributed by atoms with Gasteiger partial charge in [-0.25, -0.2) is 9.97 Å². The molecule has 4 aromatic rings. The molecule has 0 amide bonds. The van der Waals surface area contributed by atoms with E-state index in [4.69, 9.17) is 19.1 Å². The summed E-state index contributed by atoms with van der Waals surface area (Å²) in [7, 11) is 1.63. The van der Waals surface area contributed by atoms with Gasteiger partial charge in [0, 0.05) is 12.3 Å². The van der Waals surface area contributed by atoms with Crippen LogP contribution in [0.15, 0.2) is 62.9 Å². The van der Waals surface area contributed by atoms with Crippen LogP contribution < -0.4 is 10.3 Å². The molecule has 6 nitrogen and oxygen atoms in total. The van der Waals surface area contributed by atoms with Crippen LogP contribution in [-0.2, 0) is 12.3 Å². The summed E-state index contributed by atoms with van der Waals surface area (Å²) in [4.78, 5) is 22.5. The lowest BCUT2D eigenvalue weighted by Crippen LogP contribution is -2.23. The Hall–Kier alpha value is -3.06. The number of hydrogen-bond donors (Lipinski definition) is 0. The fraction of sp³-hybridized carbons (Fsp3) is 0.292. The molecule has 0 saturated carbocycles. The molecule has 0 N–H and O–H groups in total. The molecule has 0 radical (unpaired) electrons. The van der Waals surface area contributed by atoms with E-state index in [2.05, 4.69) is 6.92 Å². The number of oxazole rings is 1. The number of unbranched alkanes of at least 4 members (excludes halogenated alkanes) is 1. The summed E-state index contributed by atoms with van der Waals surface area (Å²) in [6, 6.07) is 15.1. The van der Waals surface area contributed by atoms with Crippen molar-refractivity contribution >= 4 is 22.7 Å². The van der Waals surface area contributed by atoms with Crippen LogP contribution in [0.25, 0.3) is 22.4 Å². The number of hydrogen-bond acceptors (Lipinski definition) is 6. The van der Waals surface area contributed by atoms with Crippen LogP contribution in [0, 0.1) is 6.92 Å². The molecular weight excluding hydrogens is 410 g/mol. The molecule has 0 bridgehead atoms. The van der Waals surface area contributed by atoms with Gasteiger partial charge >= 0.3 is 0 Å². The summed E-state index contributed by atoms with van der Waals surface area (Å²) < 4.78 is 13.1. The maximum Gasteiger partial charge on any atom is 0.262 e. The quantitative estimate of drug-likeness (QED) is 0.270. The molecule has 0 fully saturated rings. The van der Waals surface area contributed by atoms with Crippen molar-refractivity contribution < 1.29 is 9.15 Å². The zero-order valence-corrected chi connectivity index (χ0v) is 18.7. The lowest BCUT2D eigenvalue weighted by Gasteiger charge is -2.12. The molecule has 0 spiro atoms. The Kier molecular flexibility index (Phi) is 6.42. The second-order valence-corrected chi connectivity index (χ2v) is 8.18. The first-order valence-electron chi connectivity index (χ1n) is 10.3. The number of ether oxygens (including phenoxy) is 1. The first kappa shape index (κ1) is 21.2. The summed E-state index contributed by atoms with van der Waals surface area (Å²) >= 11 is 1.51. The highest BCUT2D eigenvalue weighted by Gasteiger charge is 2.17. The summed E-state index contributed by atoms with van der Waals surface area (Å²) in [5, 5.41) is 1.36. The number of rotatable bonds is 8. The maximum atomic E-state index is 13.1. The van der Waals surface area contributed by atoms with Crippen molar-refractivity contribution in [1.29, 1.82) is 0 Å². The highest BCUT2D eigenvalue weighted by Crippen LogP contribution is 2.32. The zero-order chi connectivity index (χ0) is 21.8. The Morgan fingerprint density at radius 2 is 1.87 bits per heavy atom. The number of aromatic nitrogens is 3. The van der Waals surface area contributed by atoms with E-state index in [1.54, 1.807) is 11.7 Å². The predicted molar refractivity (Wildman–Crippen MR) is 124 cm³/mol. The molecule has 0 aliphatic carbocycles. The minimum absolute atomic E-state index is 0.00753. The van der Waals surface area contributed by atoms with Crippen molar-refractivity contribution in [2.24, 2.45) is 0 Å². The third kappa shape index (κ3) is 4.37. The normalized spacial score (nSPS) is 11.2. The van der Waals surface area contributed by atoms with Crippen LogP contribution in [-0.4, -0.2) is 21.6 Å². The van der Waals surface area contributed by atoms with E-state index < -0.39 is 0 Å². The van der Waals surface area contributed by atoms with E-state index >= 15 is 0 Å². The van der Waals surface area contributed by atoms with E-state index in [-0.39, 0.29) is 5.56 Å². The van der Waals surface area contributed by atoms with Crippen LogP contribution in [0.5, 0.6) is 5.75 Å². The summed E-state index contributed by atoms with van der Waals surface area (Å²) in [5.74, 6) is 2.55. The first-order valence-corrected chi connectivity index (χ1v) is 11.3. The smallest absolute Gasteiger partial charge is 0.262 e. The van der Waals surface area contributed by atoms with E-state index in [1.807, 2.05) is 55.5 Å². The average molecular weight is 436 g/mol. The lowest BCUT2D eigenvalue weighted by atomic mass is 10.2. The average Bonchev–Trinajstić information content (AvgIpc) is 3.17. The van der Waals surface area contributed by atoms with Gasteiger partial charge in [0.2, 0.25) is 5.89 Å². The third-order valence-corrected chi connectivity index (χ3v) is 6.12. The Morgan fingerprint density at radius 1 is 1.10 bits per heavy atom. The van der Waals surface area contributed by atoms with Crippen molar-refractivity contribution in [3.05, 3.63) is 70.3 Å². The van der Waals surface area contributed by atoms with Crippen LogP contribution in [0.3, 0.4) is 0 Å². The first-order chi connectivity index (χ1) is 15.1. The Balaban J connectivity index is 1.65. The number of thioether (sulfide) groups is 1. The summed E-state index contributed by atoms with van der Waals surface area (Å²) in [6.45, 7) is 4.67. The van der Waals surface area contributed by atoms with Crippen molar-refractivity contribution in [1.82, 2.24) is 14.5 Å². The lowest BCUT2D eigenvalue weighted by molar-refractivity contribution is 0.414. The Bertz CT molecular complexity index is 1260. The SMILES string of the molecule is CCCCn1c(SCc2nc(-c3ccccc3OC)oc2C)nc2ccccc2c1=O. The van der Waals surface area contributed by atoms with Crippen molar-refractivity contribution in [2.75, 3.05) is 7.11 Å². The minimum atomic E-state index is 0.00753. The predicted octanol–water partition coefficient (Wildman–Crippen LogP) is 5.46. The largest absolute Gasteiger partial charge is 0.496 e. The molecular formula is C24H25N3O3S. The molecule has 0 atom stereocenters. The molecule has 2 heterocycles. The fourth-order valence-corrected chi connectivity index (χ4v) is 4.43. The van der Waals surface area contributed by atoms with E-state index in [0.717, 1.165) is 29.9 Å². The van der Waals surface area contributed by atoms with Gasteiger partial charge in [-0.1, -0.05) is 49.4 Å². The molecule has 0 saturated heterocycles. The Labute approximate surface area is 185 Å². The van der Waals surface area contributed by atoms with Gasteiger partial charge in [0.1, 0.15) is 11.5 Å². The molecule has 160 valence electrons. The van der Waals surface area contributed by atoms with Gasteiger partial charge in [-0.05, 0) is 37.6 Å². The molecule has 2 aromatic carbocycles.